The van der Waals surface area contributed by atoms with Crippen molar-refractivity contribution in [3.8, 4) is 0 Å². The van der Waals surface area contributed by atoms with Gasteiger partial charge in [-0.3, -0.25) is 4.98 Å². The Kier molecular flexibility index (Phi) is 4.39. The molecule has 0 atom stereocenters. The number of rotatable bonds is 4. The molecule has 0 saturated heterocycles. The molecule has 0 spiro atoms. The van der Waals surface area contributed by atoms with Gasteiger partial charge in [-0.1, -0.05) is 0 Å². The van der Waals surface area contributed by atoms with Crippen LogP contribution in [0.2, 0.25) is 0 Å². The van der Waals surface area contributed by atoms with Gasteiger partial charge in [-0.15, -0.1) is 11.3 Å². The Bertz CT molecular complexity index is 557. The number of benzene rings is 1. The second kappa shape index (κ2) is 6.05. The molecular formula is C15H18N2O2S. The fourth-order valence-corrected chi connectivity index (χ4v) is 2.11. The van der Waals surface area contributed by atoms with Crippen molar-refractivity contribution in [2.45, 2.75) is 32.9 Å². The summed E-state index contributed by atoms with van der Waals surface area (Å²) in [6.45, 7) is 6.30. The Morgan fingerprint density at radius 2 is 2.00 bits per heavy atom. The van der Waals surface area contributed by atoms with E-state index in [1.54, 1.807) is 23.5 Å². The lowest BCUT2D eigenvalue weighted by Crippen LogP contribution is -2.23. The number of thiazole rings is 1. The molecule has 0 amide bonds. The first-order valence-corrected chi connectivity index (χ1v) is 7.27. The van der Waals surface area contributed by atoms with Crippen molar-refractivity contribution in [3.63, 3.8) is 0 Å². The largest absolute Gasteiger partial charge is 0.456 e. The molecule has 4 nitrogen and oxygen atoms in total. The molecular weight excluding hydrogens is 272 g/mol. The SMILES string of the molecule is CC(C)(C)OC(=O)c1ccc(NCc2cncs2)cc1. The third-order valence-electron chi connectivity index (χ3n) is 2.47. The van der Waals surface area contributed by atoms with E-state index >= 15 is 0 Å². The average molecular weight is 290 g/mol. The standard InChI is InChI=1S/C15H18N2O2S/c1-15(2,3)19-14(18)11-4-6-12(7-5-11)17-9-13-8-16-10-20-13/h4-8,10,17H,9H2,1-3H3. The zero-order valence-electron chi connectivity index (χ0n) is 11.8. The van der Waals surface area contributed by atoms with Crippen molar-refractivity contribution in [2.24, 2.45) is 0 Å². The maximum Gasteiger partial charge on any atom is 0.338 e. The molecule has 0 unspecified atom stereocenters. The number of nitrogens with one attached hydrogen (secondary N) is 1. The van der Waals surface area contributed by atoms with Crippen LogP contribution in [0.25, 0.3) is 0 Å². The summed E-state index contributed by atoms with van der Waals surface area (Å²) in [4.78, 5) is 17.1. The Balaban J connectivity index is 1.94. The van der Waals surface area contributed by atoms with E-state index < -0.39 is 5.60 Å². The zero-order chi connectivity index (χ0) is 14.6. The fraction of sp³-hybridized carbons (Fsp3) is 0.333. The minimum absolute atomic E-state index is 0.300. The quantitative estimate of drug-likeness (QED) is 0.872. The molecule has 0 aliphatic heterocycles. The number of carbonyl (C=O) groups is 1. The normalized spacial score (nSPS) is 11.2. The maximum absolute atomic E-state index is 11.9. The number of esters is 1. The average Bonchev–Trinajstić information content (AvgIpc) is 2.88. The Morgan fingerprint density at radius 1 is 1.30 bits per heavy atom. The van der Waals surface area contributed by atoms with E-state index in [-0.39, 0.29) is 5.97 Å². The van der Waals surface area contributed by atoms with Gasteiger partial charge in [-0.05, 0) is 45.0 Å². The molecule has 1 aromatic heterocycles. The molecule has 1 N–H and O–H groups in total. The number of hydrogen-bond acceptors (Lipinski definition) is 5. The van der Waals surface area contributed by atoms with E-state index in [4.69, 9.17) is 4.74 Å². The summed E-state index contributed by atoms with van der Waals surface area (Å²) in [5.74, 6) is -0.300. The van der Waals surface area contributed by atoms with Gasteiger partial charge in [0.15, 0.2) is 0 Å². The van der Waals surface area contributed by atoms with Crippen LogP contribution in [0, 0.1) is 0 Å². The summed E-state index contributed by atoms with van der Waals surface area (Å²) in [5.41, 5.74) is 2.86. The van der Waals surface area contributed by atoms with E-state index in [9.17, 15) is 4.79 Å². The summed E-state index contributed by atoms with van der Waals surface area (Å²) in [5, 5.41) is 3.28. The van der Waals surface area contributed by atoms with Crippen LogP contribution in [0.1, 0.15) is 36.0 Å². The van der Waals surface area contributed by atoms with Crippen LogP contribution >= 0.6 is 11.3 Å². The maximum atomic E-state index is 11.9. The summed E-state index contributed by atoms with van der Waals surface area (Å²) in [6, 6.07) is 7.28. The van der Waals surface area contributed by atoms with Crippen LogP contribution in [0.4, 0.5) is 5.69 Å². The predicted octanol–water partition coefficient (Wildman–Crippen LogP) is 3.71. The van der Waals surface area contributed by atoms with Gasteiger partial charge < -0.3 is 10.1 Å². The summed E-state index contributed by atoms with van der Waals surface area (Å²) in [7, 11) is 0. The van der Waals surface area contributed by atoms with E-state index in [0.717, 1.165) is 12.2 Å². The first kappa shape index (κ1) is 14.5. The molecule has 0 saturated carbocycles. The van der Waals surface area contributed by atoms with Gasteiger partial charge in [0, 0.05) is 16.8 Å². The zero-order valence-corrected chi connectivity index (χ0v) is 12.7. The van der Waals surface area contributed by atoms with Crippen molar-refractivity contribution in [1.82, 2.24) is 4.98 Å². The smallest absolute Gasteiger partial charge is 0.338 e. The Morgan fingerprint density at radius 3 is 2.55 bits per heavy atom. The Labute approximate surface area is 122 Å². The van der Waals surface area contributed by atoms with Crippen molar-refractivity contribution in [1.29, 1.82) is 0 Å². The molecule has 2 rings (SSSR count). The molecule has 0 radical (unpaired) electrons. The number of carbonyl (C=O) groups excluding carboxylic acids is 1. The highest BCUT2D eigenvalue weighted by Crippen LogP contribution is 2.16. The van der Waals surface area contributed by atoms with Gasteiger partial charge in [0.2, 0.25) is 0 Å². The number of anilines is 1. The van der Waals surface area contributed by atoms with Crippen LogP contribution in [-0.4, -0.2) is 16.6 Å². The number of aromatic nitrogens is 1. The molecule has 106 valence electrons. The third-order valence-corrected chi connectivity index (χ3v) is 3.25. The molecule has 1 aromatic carbocycles. The van der Waals surface area contributed by atoms with E-state index in [1.165, 1.54) is 4.88 Å². The van der Waals surface area contributed by atoms with Gasteiger partial charge in [0.25, 0.3) is 0 Å². The Hall–Kier alpha value is -1.88. The minimum atomic E-state index is -0.472. The number of ether oxygens (including phenoxy) is 1. The van der Waals surface area contributed by atoms with E-state index in [2.05, 4.69) is 10.3 Å². The van der Waals surface area contributed by atoms with E-state index in [1.807, 2.05) is 44.6 Å². The van der Waals surface area contributed by atoms with Crippen molar-refractivity contribution < 1.29 is 9.53 Å². The van der Waals surface area contributed by atoms with Crippen LogP contribution in [0.3, 0.4) is 0 Å². The van der Waals surface area contributed by atoms with Gasteiger partial charge in [-0.2, -0.15) is 0 Å². The summed E-state index contributed by atoms with van der Waals surface area (Å²) in [6.07, 6.45) is 1.84. The lowest BCUT2D eigenvalue weighted by Gasteiger charge is -2.19. The van der Waals surface area contributed by atoms with Crippen LogP contribution in [0.5, 0.6) is 0 Å². The highest BCUT2D eigenvalue weighted by atomic mass is 32.1. The first-order valence-electron chi connectivity index (χ1n) is 6.39. The number of hydrogen-bond donors (Lipinski definition) is 1. The second-order valence-electron chi connectivity index (χ2n) is 5.40. The van der Waals surface area contributed by atoms with Gasteiger partial charge >= 0.3 is 5.97 Å². The van der Waals surface area contributed by atoms with Gasteiger partial charge in [0.1, 0.15) is 5.60 Å². The van der Waals surface area contributed by atoms with Crippen molar-refractivity contribution in [3.05, 3.63) is 46.4 Å². The van der Waals surface area contributed by atoms with Crippen molar-refractivity contribution in [2.75, 3.05) is 5.32 Å². The summed E-state index contributed by atoms with van der Waals surface area (Å²) >= 11 is 1.61. The lowest BCUT2D eigenvalue weighted by molar-refractivity contribution is 0.00696. The van der Waals surface area contributed by atoms with Crippen LogP contribution < -0.4 is 5.32 Å². The second-order valence-corrected chi connectivity index (χ2v) is 6.37. The van der Waals surface area contributed by atoms with E-state index in [0.29, 0.717) is 5.56 Å². The highest BCUT2D eigenvalue weighted by molar-refractivity contribution is 7.09. The van der Waals surface area contributed by atoms with Gasteiger partial charge in [-0.25, -0.2) is 4.79 Å². The molecule has 1 heterocycles. The molecule has 0 aliphatic carbocycles. The molecule has 0 fully saturated rings. The minimum Gasteiger partial charge on any atom is -0.456 e. The number of nitrogens with zero attached hydrogens (tertiary/aromatic N) is 1. The lowest BCUT2D eigenvalue weighted by atomic mass is 10.1. The topological polar surface area (TPSA) is 51.2 Å². The summed E-state index contributed by atoms with van der Waals surface area (Å²) < 4.78 is 5.32. The fourth-order valence-electron chi connectivity index (χ4n) is 1.58. The molecule has 2 aromatic rings. The molecule has 0 aliphatic rings. The monoisotopic (exact) mass is 290 g/mol. The molecule has 20 heavy (non-hydrogen) atoms. The highest BCUT2D eigenvalue weighted by Gasteiger charge is 2.17. The predicted molar refractivity (Wildman–Crippen MR) is 81.1 cm³/mol. The van der Waals surface area contributed by atoms with Crippen molar-refractivity contribution >= 4 is 23.0 Å². The van der Waals surface area contributed by atoms with Gasteiger partial charge in [0.05, 0.1) is 17.6 Å². The third kappa shape index (κ3) is 4.35. The van der Waals surface area contributed by atoms with Crippen LogP contribution in [-0.2, 0) is 11.3 Å². The van der Waals surface area contributed by atoms with Crippen LogP contribution in [0.15, 0.2) is 36.0 Å². The molecule has 0 bridgehead atoms. The molecule has 5 heteroatoms. The first-order chi connectivity index (χ1) is 9.44.